The molecule has 0 saturated heterocycles. The number of nitrogens with zero attached hydrogens (tertiary/aromatic N) is 1. The monoisotopic (exact) mass is 298 g/mol. The number of nitrogens with one attached hydrogen (secondary N) is 1. The second-order valence-corrected chi connectivity index (χ2v) is 4.97. The van der Waals surface area contributed by atoms with E-state index in [9.17, 15) is 4.79 Å². The van der Waals surface area contributed by atoms with Crippen molar-refractivity contribution in [1.82, 2.24) is 10.3 Å². The van der Waals surface area contributed by atoms with Crippen LogP contribution in [0.4, 0.5) is 0 Å². The summed E-state index contributed by atoms with van der Waals surface area (Å²) in [7, 11) is 0. The lowest BCUT2D eigenvalue weighted by atomic mass is 9.89. The predicted octanol–water partition coefficient (Wildman–Crippen LogP) is 3.54. The van der Waals surface area contributed by atoms with E-state index in [0.29, 0.717) is 10.2 Å². The highest BCUT2D eigenvalue weighted by atomic mass is 79.9. The summed E-state index contributed by atoms with van der Waals surface area (Å²) in [6.07, 6.45) is 4.46. The highest BCUT2D eigenvalue weighted by molar-refractivity contribution is 9.10. The first-order valence-electron chi connectivity index (χ1n) is 6.01. The van der Waals surface area contributed by atoms with Gasteiger partial charge in [-0.25, -0.2) is 4.98 Å². The van der Waals surface area contributed by atoms with Crippen LogP contribution in [0.25, 0.3) is 0 Å². The first-order chi connectivity index (χ1) is 8.06. The van der Waals surface area contributed by atoms with Gasteiger partial charge in [-0.15, -0.1) is 0 Å². The molecule has 1 heterocycles. The number of hydrogen-bond acceptors (Lipinski definition) is 2. The Bertz CT molecular complexity index is 380. The molecule has 1 amide bonds. The Morgan fingerprint density at radius 1 is 1.35 bits per heavy atom. The lowest BCUT2D eigenvalue weighted by Crippen LogP contribution is -2.47. The molecule has 0 aliphatic heterocycles. The summed E-state index contributed by atoms with van der Waals surface area (Å²) in [5.41, 5.74) is 0.555. The molecule has 3 nitrogen and oxygen atoms in total. The zero-order valence-electron chi connectivity index (χ0n) is 10.6. The van der Waals surface area contributed by atoms with E-state index in [1.165, 1.54) is 0 Å². The molecular weight excluding hydrogens is 280 g/mol. The Hall–Kier alpha value is -0.900. The maximum atomic E-state index is 12.1. The van der Waals surface area contributed by atoms with E-state index in [4.69, 9.17) is 0 Å². The van der Waals surface area contributed by atoms with Gasteiger partial charge in [0.05, 0.1) is 0 Å². The number of amides is 1. The largest absolute Gasteiger partial charge is 0.347 e. The molecule has 1 aromatic heterocycles. The molecule has 0 aliphatic carbocycles. The molecule has 4 heteroatoms. The van der Waals surface area contributed by atoms with E-state index in [2.05, 4.69) is 47.0 Å². The average Bonchev–Trinajstić information content (AvgIpc) is 2.36. The molecule has 0 spiro atoms. The molecule has 0 aliphatic rings. The smallest absolute Gasteiger partial charge is 0.251 e. The minimum atomic E-state index is -0.0904. The van der Waals surface area contributed by atoms with Crippen LogP contribution in [0, 0.1) is 0 Å². The number of carbonyl (C=O) groups is 1. The van der Waals surface area contributed by atoms with Gasteiger partial charge in [-0.1, -0.05) is 20.8 Å². The van der Waals surface area contributed by atoms with Crippen LogP contribution >= 0.6 is 15.9 Å². The van der Waals surface area contributed by atoms with Crippen molar-refractivity contribution in [2.45, 2.75) is 45.6 Å². The average molecular weight is 299 g/mol. The van der Waals surface area contributed by atoms with Gasteiger partial charge < -0.3 is 5.32 Å². The van der Waals surface area contributed by atoms with Gasteiger partial charge in [-0.3, -0.25) is 4.79 Å². The van der Waals surface area contributed by atoms with Crippen molar-refractivity contribution in [3.8, 4) is 0 Å². The summed E-state index contributed by atoms with van der Waals surface area (Å²) < 4.78 is 0.681. The van der Waals surface area contributed by atoms with E-state index >= 15 is 0 Å². The van der Waals surface area contributed by atoms with Crippen molar-refractivity contribution in [2.24, 2.45) is 0 Å². The molecule has 0 saturated carbocycles. The Balaban J connectivity index is 2.84. The summed E-state index contributed by atoms with van der Waals surface area (Å²) >= 11 is 3.27. The maximum Gasteiger partial charge on any atom is 0.251 e. The van der Waals surface area contributed by atoms with Crippen LogP contribution in [0.1, 0.15) is 50.4 Å². The SMILES string of the molecule is CCC(CC)(CC)NC(=O)c1ccnc(Br)c1. The van der Waals surface area contributed by atoms with E-state index in [1.54, 1.807) is 18.3 Å². The van der Waals surface area contributed by atoms with Crippen molar-refractivity contribution in [2.75, 3.05) is 0 Å². The lowest BCUT2D eigenvalue weighted by molar-refractivity contribution is 0.0888. The molecule has 0 atom stereocenters. The van der Waals surface area contributed by atoms with Crippen LogP contribution in [0.15, 0.2) is 22.9 Å². The number of aromatic nitrogens is 1. The zero-order valence-corrected chi connectivity index (χ0v) is 12.2. The van der Waals surface area contributed by atoms with Crippen LogP contribution in [0.3, 0.4) is 0 Å². The number of carbonyl (C=O) groups excluding carboxylic acids is 1. The van der Waals surface area contributed by atoms with Crippen LogP contribution in [0.2, 0.25) is 0 Å². The second-order valence-electron chi connectivity index (χ2n) is 4.16. The van der Waals surface area contributed by atoms with E-state index < -0.39 is 0 Å². The lowest BCUT2D eigenvalue weighted by Gasteiger charge is -2.31. The fourth-order valence-corrected chi connectivity index (χ4v) is 2.24. The van der Waals surface area contributed by atoms with Crippen LogP contribution < -0.4 is 5.32 Å². The fourth-order valence-electron chi connectivity index (χ4n) is 1.87. The van der Waals surface area contributed by atoms with Gasteiger partial charge in [0.15, 0.2) is 0 Å². The molecule has 0 fully saturated rings. The van der Waals surface area contributed by atoms with Gasteiger partial charge in [-0.2, -0.15) is 0 Å². The highest BCUT2D eigenvalue weighted by Crippen LogP contribution is 2.20. The maximum absolute atomic E-state index is 12.1. The van der Waals surface area contributed by atoms with Crippen molar-refractivity contribution in [3.63, 3.8) is 0 Å². The van der Waals surface area contributed by atoms with Gasteiger partial charge in [0.25, 0.3) is 5.91 Å². The molecule has 0 unspecified atom stereocenters. The summed E-state index contributed by atoms with van der Waals surface area (Å²) in [5.74, 6) is -0.0290. The number of pyridine rings is 1. The van der Waals surface area contributed by atoms with Gasteiger partial charge >= 0.3 is 0 Å². The highest BCUT2D eigenvalue weighted by Gasteiger charge is 2.26. The normalized spacial score (nSPS) is 11.3. The molecule has 1 rings (SSSR count). The van der Waals surface area contributed by atoms with Crippen molar-refractivity contribution in [1.29, 1.82) is 0 Å². The predicted molar refractivity (Wildman–Crippen MR) is 73.0 cm³/mol. The molecule has 1 N–H and O–H groups in total. The van der Waals surface area contributed by atoms with Crippen LogP contribution in [-0.4, -0.2) is 16.4 Å². The van der Waals surface area contributed by atoms with E-state index in [1.807, 2.05) is 0 Å². The molecule has 17 heavy (non-hydrogen) atoms. The molecule has 0 radical (unpaired) electrons. The molecular formula is C13H19BrN2O. The summed E-state index contributed by atoms with van der Waals surface area (Å²) in [5, 5.41) is 3.14. The number of hydrogen-bond donors (Lipinski definition) is 1. The molecule has 1 aromatic rings. The first kappa shape index (κ1) is 14.2. The summed E-state index contributed by atoms with van der Waals surface area (Å²) in [4.78, 5) is 16.1. The number of rotatable bonds is 5. The fraction of sp³-hybridized carbons (Fsp3) is 0.538. The minimum Gasteiger partial charge on any atom is -0.347 e. The molecule has 0 aromatic carbocycles. The van der Waals surface area contributed by atoms with Gasteiger partial charge in [0.2, 0.25) is 0 Å². The summed E-state index contributed by atoms with van der Waals surface area (Å²) in [6.45, 7) is 6.32. The zero-order chi connectivity index (χ0) is 12.9. The minimum absolute atomic E-state index is 0.0290. The molecule has 94 valence electrons. The quantitative estimate of drug-likeness (QED) is 0.845. The van der Waals surface area contributed by atoms with Crippen molar-refractivity contribution < 1.29 is 4.79 Å². The van der Waals surface area contributed by atoms with Crippen LogP contribution in [-0.2, 0) is 0 Å². The Labute approximate surface area is 111 Å². The van der Waals surface area contributed by atoms with Gasteiger partial charge in [0.1, 0.15) is 4.60 Å². The molecule has 0 bridgehead atoms. The Morgan fingerprint density at radius 3 is 2.41 bits per heavy atom. The van der Waals surface area contributed by atoms with Gasteiger partial charge in [-0.05, 0) is 47.3 Å². The van der Waals surface area contributed by atoms with E-state index in [0.717, 1.165) is 19.3 Å². The number of halogens is 1. The standard InChI is InChI=1S/C13H19BrN2O/c1-4-13(5-2,6-3)16-12(17)10-7-8-15-11(14)9-10/h7-9H,4-6H2,1-3H3,(H,16,17). The van der Waals surface area contributed by atoms with Crippen molar-refractivity contribution in [3.05, 3.63) is 28.5 Å². The van der Waals surface area contributed by atoms with Gasteiger partial charge in [0, 0.05) is 17.3 Å². The van der Waals surface area contributed by atoms with E-state index in [-0.39, 0.29) is 11.4 Å². The summed E-state index contributed by atoms with van der Waals surface area (Å²) in [6, 6.07) is 3.47. The second kappa shape index (κ2) is 6.15. The van der Waals surface area contributed by atoms with Crippen molar-refractivity contribution >= 4 is 21.8 Å². The third-order valence-corrected chi connectivity index (χ3v) is 3.83. The first-order valence-corrected chi connectivity index (χ1v) is 6.80. The topological polar surface area (TPSA) is 42.0 Å². The third-order valence-electron chi connectivity index (χ3n) is 3.40. The Morgan fingerprint density at radius 2 is 1.94 bits per heavy atom. The van der Waals surface area contributed by atoms with Crippen LogP contribution in [0.5, 0.6) is 0 Å². The third kappa shape index (κ3) is 3.53. The Kier molecular flexibility index (Phi) is 5.12.